The maximum absolute atomic E-state index is 4.50. The van der Waals surface area contributed by atoms with Crippen LogP contribution >= 0.6 is 0 Å². The molecule has 1 N–H and O–H groups in total. The molecule has 0 amide bonds. The van der Waals surface area contributed by atoms with Gasteiger partial charge in [0.2, 0.25) is 0 Å². The molecular weight excluding hydrogens is 222 g/mol. The monoisotopic (exact) mass is 241 g/mol. The molecule has 0 atom stereocenters. The van der Waals surface area contributed by atoms with E-state index >= 15 is 0 Å². The van der Waals surface area contributed by atoms with Gasteiger partial charge in [0, 0.05) is 37.1 Å². The predicted octanol–water partition coefficient (Wildman–Crippen LogP) is 2.82. The van der Waals surface area contributed by atoms with Crippen molar-refractivity contribution < 1.29 is 0 Å². The highest BCUT2D eigenvalue weighted by Crippen LogP contribution is 2.24. The molecule has 2 aromatic rings. The highest BCUT2D eigenvalue weighted by atomic mass is 15.1. The molecule has 1 aromatic carbocycles. The Morgan fingerprint density at radius 1 is 1.33 bits per heavy atom. The number of imidazole rings is 1. The standard InChI is InChI=1S/C15H19N3/c1-2-18-10-9-16-15(18)14-6-4-3-5-12(14)11-17-13-7-8-13/h3-6,9-10,13,17H,2,7-8,11H2,1H3. The maximum atomic E-state index is 4.50. The third-order valence-corrected chi connectivity index (χ3v) is 3.47. The minimum atomic E-state index is 0.740. The Hall–Kier alpha value is -1.61. The van der Waals surface area contributed by atoms with E-state index in [1.807, 2.05) is 12.4 Å². The third kappa shape index (κ3) is 2.31. The molecule has 1 fully saturated rings. The van der Waals surface area contributed by atoms with Crippen LogP contribution in [0.25, 0.3) is 11.4 Å². The molecule has 1 heterocycles. The summed E-state index contributed by atoms with van der Waals surface area (Å²) in [5, 5.41) is 3.58. The Morgan fingerprint density at radius 3 is 2.94 bits per heavy atom. The van der Waals surface area contributed by atoms with Crippen molar-refractivity contribution in [2.75, 3.05) is 0 Å². The maximum Gasteiger partial charge on any atom is 0.140 e. The Kier molecular flexibility index (Phi) is 3.15. The van der Waals surface area contributed by atoms with E-state index in [1.54, 1.807) is 0 Å². The van der Waals surface area contributed by atoms with Crippen molar-refractivity contribution in [3.8, 4) is 11.4 Å². The van der Waals surface area contributed by atoms with E-state index in [1.165, 1.54) is 24.0 Å². The molecule has 1 aliphatic rings. The molecule has 3 nitrogen and oxygen atoms in total. The molecular formula is C15H19N3. The fourth-order valence-electron chi connectivity index (χ4n) is 2.24. The number of nitrogens with zero attached hydrogens (tertiary/aromatic N) is 2. The van der Waals surface area contributed by atoms with E-state index in [0.717, 1.165) is 25.0 Å². The molecule has 0 spiro atoms. The second kappa shape index (κ2) is 4.94. The first kappa shape index (κ1) is 11.5. The second-order valence-corrected chi connectivity index (χ2v) is 4.85. The summed E-state index contributed by atoms with van der Waals surface area (Å²) < 4.78 is 2.19. The summed E-state index contributed by atoms with van der Waals surface area (Å²) in [6, 6.07) is 9.29. The number of aromatic nitrogens is 2. The van der Waals surface area contributed by atoms with Gasteiger partial charge in [0.1, 0.15) is 5.82 Å². The first-order valence-electron chi connectivity index (χ1n) is 6.71. The minimum Gasteiger partial charge on any atom is -0.331 e. The molecule has 0 saturated heterocycles. The Bertz CT molecular complexity index is 526. The highest BCUT2D eigenvalue weighted by Gasteiger charge is 2.20. The van der Waals surface area contributed by atoms with Crippen LogP contribution in [0.15, 0.2) is 36.7 Å². The molecule has 1 aromatic heterocycles. The van der Waals surface area contributed by atoms with Gasteiger partial charge < -0.3 is 9.88 Å². The predicted molar refractivity (Wildman–Crippen MR) is 73.2 cm³/mol. The summed E-state index contributed by atoms with van der Waals surface area (Å²) >= 11 is 0. The third-order valence-electron chi connectivity index (χ3n) is 3.47. The summed E-state index contributed by atoms with van der Waals surface area (Å²) in [6.45, 7) is 4.05. The van der Waals surface area contributed by atoms with Crippen LogP contribution in [0.1, 0.15) is 25.3 Å². The molecule has 0 radical (unpaired) electrons. The van der Waals surface area contributed by atoms with E-state index in [0.29, 0.717) is 0 Å². The van der Waals surface area contributed by atoms with Crippen LogP contribution in [0.5, 0.6) is 0 Å². The van der Waals surface area contributed by atoms with Crippen LogP contribution in [0.4, 0.5) is 0 Å². The van der Waals surface area contributed by atoms with Crippen molar-refractivity contribution >= 4 is 0 Å². The number of hydrogen-bond acceptors (Lipinski definition) is 2. The quantitative estimate of drug-likeness (QED) is 0.872. The molecule has 0 bridgehead atoms. The van der Waals surface area contributed by atoms with E-state index in [2.05, 4.69) is 46.1 Å². The second-order valence-electron chi connectivity index (χ2n) is 4.85. The lowest BCUT2D eigenvalue weighted by Gasteiger charge is -2.11. The van der Waals surface area contributed by atoms with Crippen LogP contribution in [-0.2, 0) is 13.1 Å². The lowest BCUT2D eigenvalue weighted by molar-refractivity contribution is 0.687. The summed E-state index contributed by atoms with van der Waals surface area (Å²) in [6.07, 6.45) is 6.57. The molecule has 3 rings (SSSR count). The van der Waals surface area contributed by atoms with Crippen molar-refractivity contribution in [1.82, 2.24) is 14.9 Å². The van der Waals surface area contributed by atoms with Crippen LogP contribution in [0, 0.1) is 0 Å². The summed E-state index contributed by atoms with van der Waals surface area (Å²) in [5.74, 6) is 1.07. The Morgan fingerprint density at radius 2 is 2.17 bits per heavy atom. The normalized spacial score (nSPS) is 14.9. The topological polar surface area (TPSA) is 29.9 Å². The van der Waals surface area contributed by atoms with Gasteiger partial charge in [-0.05, 0) is 25.3 Å². The molecule has 1 saturated carbocycles. The van der Waals surface area contributed by atoms with Crippen molar-refractivity contribution in [2.45, 2.75) is 38.9 Å². The number of benzene rings is 1. The van der Waals surface area contributed by atoms with Gasteiger partial charge in [0.15, 0.2) is 0 Å². The average molecular weight is 241 g/mol. The first-order valence-corrected chi connectivity index (χ1v) is 6.71. The lowest BCUT2D eigenvalue weighted by atomic mass is 10.1. The molecule has 0 aliphatic heterocycles. The molecule has 18 heavy (non-hydrogen) atoms. The number of nitrogens with one attached hydrogen (secondary N) is 1. The van der Waals surface area contributed by atoms with Crippen LogP contribution in [-0.4, -0.2) is 15.6 Å². The van der Waals surface area contributed by atoms with Gasteiger partial charge in [0.25, 0.3) is 0 Å². The van der Waals surface area contributed by atoms with Gasteiger partial charge in [-0.1, -0.05) is 24.3 Å². The molecule has 0 unspecified atom stereocenters. The zero-order chi connectivity index (χ0) is 12.4. The highest BCUT2D eigenvalue weighted by molar-refractivity contribution is 5.60. The van der Waals surface area contributed by atoms with Crippen LogP contribution in [0.3, 0.4) is 0 Å². The molecule has 3 heteroatoms. The SMILES string of the molecule is CCn1ccnc1-c1ccccc1CNC1CC1. The van der Waals surface area contributed by atoms with E-state index in [4.69, 9.17) is 0 Å². The lowest BCUT2D eigenvalue weighted by Crippen LogP contribution is -2.16. The Labute approximate surface area is 108 Å². The molecule has 1 aliphatic carbocycles. The van der Waals surface area contributed by atoms with Gasteiger partial charge >= 0.3 is 0 Å². The van der Waals surface area contributed by atoms with Gasteiger partial charge in [-0.3, -0.25) is 0 Å². The van der Waals surface area contributed by atoms with Crippen LogP contribution < -0.4 is 5.32 Å². The largest absolute Gasteiger partial charge is 0.331 e. The van der Waals surface area contributed by atoms with Crippen molar-refractivity contribution in [3.63, 3.8) is 0 Å². The van der Waals surface area contributed by atoms with Crippen molar-refractivity contribution in [3.05, 3.63) is 42.2 Å². The van der Waals surface area contributed by atoms with Gasteiger partial charge in [0.05, 0.1) is 0 Å². The summed E-state index contributed by atoms with van der Waals surface area (Å²) in [5.41, 5.74) is 2.59. The van der Waals surface area contributed by atoms with Crippen LogP contribution in [0.2, 0.25) is 0 Å². The van der Waals surface area contributed by atoms with E-state index in [9.17, 15) is 0 Å². The number of aryl methyl sites for hydroxylation is 1. The zero-order valence-electron chi connectivity index (χ0n) is 10.8. The van der Waals surface area contributed by atoms with E-state index in [-0.39, 0.29) is 0 Å². The number of hydrogen-bond donors (Lipinski definition) is 1. The Balaban J connectivity index is 1.89. The first-order chi connectivity index (χ1) is 8.88. The minimum absolute atomic E-state index is 0.740. The van der Waals surface area contributed by atoms with Crippen molar-refractivity contribution in [1.29, 1.82) is 0 Å². The fraction of sp³-hybridized carbons (Fsp3) is 0.400. The van der Waals surface area contributed by atoms with Gasteiger partial charge in [-0.25, -0.2) is 4.98 Å². The number of rotatable bonds is 5. The van der Waals surface area contributed by atoms with E-state index < -0.39 is 0 Å². The smallest absolute Gasteiger partial charge is 0.140 e. The zero-order valence-corrected chi connectivity index (χ0v) is 10.8. The average Bonchev–Trinajstić information content (AvgIpc) is 3.12. The van der Waals surface area contributed by atoms with Gasteiger partial charge in [-0.15, -0.1) is 0 Å². The summed E-state index contributed by atoms with van der Waals surface area (Å²) in [7, 11) is 0. The van der Waals surface area contributed by atoms with Crippen molar-refractivity contribution in [2.24, 2.45) is 0 Å². The summed E-state index contributed by atoms with van der Waals surface area (Å²) in [4.78, 5) is 4.50. The fourth-order valence-corrected chi connectivity index (χ4v) is 2.24. The van der Waals surface area contributed by atoms with Gasteiger partial charge in [-0.2, -0.15) is 0 Å². The molecule has 94 valence electrons.